The van der Waals surface area contributed by atoms with Crippen LogP contribution in [0.1, 0.15) is 11.3 Å². The molecule has 0 amide bonds. The zero-order valence-corrected chi connectivity index (χ0v) is 17.1. The van der Waals surface area contributed by atoms with Gasteiger partial charge < -0.3 is 4.52 Å². The first-order chi connectivity index (χ1) is 16.5. The molecule has 0 unspecified atom stereocenters. The van der Waals surface area contributed by atoms with E-state index in [4.69, 9.17) is 4.52 Å². The minimum Gasteiger partial charge on any atom is -0.332 e. The lowest BCUT2D eigenvalue weighted by molar-refractivity contribution is -0.141. The summed E-state index contributed by atoms with van der Waals surface area (Å²) < 4.78 is 58.8. The number of pyridine rings is 2. The summed E-state index contributed by atoms with van der Waals surface area (Å²) in [7, 11) is 0. The van der Waals surface area contributed by atoms with Gasteiger partial charge >= 0.3 is 6.18 Å². The van der Waals surface area contributed by atoms with Crippen molar-refractivity contribution in [2.45, 2.75) is 12.9 Å². The Morgan fingerprint density at radius 2 is 1.74 bits per heavy atom. The largest absolute Gasteiger partial charge is 0.433 e. The number of benzene rings is 1. The fraction of sp³-hybridized carbons (Fsp3) is 0.0909. The molecule has 4 aromatic heterocycles. The molecule has 5 aromatic rings. The molecule has 4 heterocycles. The van der Waals surface area contributed by atoms with Gasteiger partial charge in [-0.1, -0.05) is 28.6 Å². The smallest absolute Gasteiger partial charge is 0.332 e. The van der Waals surface area contributed by atoms with Crippen molar-refractivity contribution in [1.29, 1.82) is 0 Å². The minimum atomic E-state index is -4.56. The lowest BCUT2D eigenvalue weighted by Crippen LogP contribution is -2.07. The van der Waals surface area contributed by atoms with Gasteiger partial charge in [-0.2, -0.15) is 18.2 Å². The summed E-state index contributed by atoms with van der Waals surface area (Å²) in [6, 6.07) is 12.3. The molecule has 5 rings (SSSR count). The topological polar surface area (TPSA) is 95.4 Å². The Labute approximate surface area is 188 Å². The van der Waals surface area contributed by atoms with Crippen molar-refractivity contribution in [3.05, 3.63) is 78.4 Å². The molecule has 0 aliphatic heterocycles. The molecule has 0 aliphatic rings. The molecule has 12 heteroatoms. The van der Waals surface area contributed by atoms with Crippen molar-refractivity contribution >= 4 is 0 Å². The third kappa shape index (κ3) is 3.89. The summed E-state index contributed by atoms with van der Waals surface area (Å²) in [5, 5.41) is 12.2. The maximum Gasteiger partial charge on any atom is 0.433 e. The van der Waals surface area contributed by atoms with E-state index in [9.17, 15) is 17.6 Å². The molecule has 0 fully saturated rings. The van der Waals surface area contributed by atoms with Gasteiger partial charge in [0.2, 0.25) is 5.82 Å². The van der Waals surface area contributed by atoms with Crippen LogP contribution < -0.4 is 0 Å². The molecule has 0 saturated carbocycles. The summed E-state index contributed by atoms with van der Waals surface area (Å²) in [6.07, 6.45) is -0.403. The average Bonchev–Trinajstić information content (AvgIpc) is 3.52. The zero-order chi connectivity index (χ0) is 23.7. The molecular formula is C22H13F4N7O. The monoisotopic (exact) mass is 467 g/mol. The second kappa shape index (κ2) is 8.46. The van der Waals surface area contributed by atoms with E-state index in [1.54, 1.807) is 48.8 Å². The second-order valence-corrected chi connectivity index (χ2v) is 7.05. The minimum absolute atomic E-state index is 0.0225. The van der Waals surface area contributed by atoms with Crippen LogP contribution in [-0.2, 0) is 12.9 Å². The highest BCUT2D eigenvalue weighted by atomic mass is 19.4. The summed E-state index contributed by atoms with van der Waals surface area (Å²) in [5.74, 6) is 0.00120. The van der Waals surface area contributed by atoms with Crippen molar-refractivity contribution in [1.82, 2.24) is 35.1 Å². The number of rotatable bonds is 5. The van der Waals surface area contributed by atoms with Gasteiger partial charge in [0.15, 0.2) is 5.69 Å². The first-order valence-corrected chi connectivity index (χ1v) is 9.84. The molecule has 0 N–H and O–H groups in total. The van der Waals surface area contributed by atoms with E-state index in [1.165, 1.54) is 10.7 Å². The van der Waals surface area contributed by atoms with E-state index in [0.29, 0.717) is 22.5 Å². The molecule has 0 aliphatic carbocycles. The first-order valence-electron chi connectivity index (χ1n) is 9.84. The van der Waals surface area contributed by atoms with E-state index in [2.05, 4.69) is 30.4 Å². The summed E-state index contributed by atoms with van der Waals surface area (Å²) in [4.78, 5) is 11.7. The second-order valence-electron chi connectivity index (χ2n) is 7.05. The molecular weight excluding hydrogens is 454 g/mol. The Kier molecular flexibility index (Phi) is 5.32. The van der Waals surface area contributed by atoms with Gasteiger partial charge in [-0.3, -0.25) is 9.97 Å². The van der Waals surface area contributed by atoms with Gasteiger partial charge in [0, 0.05) is 35.3 Å². The summed E-state index contributed by atoms with van der Waals surface area (Å²) >= 11 is 0. The molecule has 8 nitrogen and oxygen atoms in total. The Balaban J connectivity index is 1.60. The molecule has 0 spiro atoms. The van der Waals surface area contributed by atoms with Crippen molar-refractivity contribution < 1.29 is 22.1 Å². The van der Waals surface area contributed by atoms with Crippen LogP contribution in [0.3, 0.4) is 0 Å². The number of aromatic nitrogens is 7. The predicted molar refractivity (Wildman–Crippen MR) is 111 cm³/mol. The van der Waals surface area contributed by atoms with E-state index in [-0.39, 0.29) is 23.0 Å². The van der Waals surface area contributed by atoms with Gasteiger partial charge in [-0.15, -0.1) is 5.10 Å². The fourth-order valence-corrected chi connectivity index (χ4v) is 3.32. The number of hydrogen-bond acceptors (Lipinski definition) is 7. The SMILES string of the molecule is FCc1ccccc1-n1nnc(-c2nc(-c3ccc(C(F)(F)F)nc3)no2)c1-c1ccncc1. The quantitative estimate of drug-likeness (QED) is 0.338. The predicted octanol–water partition coefficient (Wildman–Crippen LogP) is 4.93. The van der Waals surface area contributed by atoms with Crippen molar-refractivity contribution in [2.24, 2.45) is 0 Å². The van der Waals surface area contributed by atoms with E-state index >= 15 is 0 Å². The Morgan fingerprint density at radius 3 is 2.44 bits per heavy atom. The number of alkyl halides is 4. The lowest BCUT2D eigenvalue weighted by atomic mass is 10.1. The average molecular weight is 467 g/mol. The Morgan fingerprint density at radius 1 is 0.941 bits per heavy atom. The molecule has 0 bridgehead atoms. The zero-order valence-electron chi connectivity index (χ0n) is 17.1. The van der Waals surface area contributed by atoms with Gasteiger partial charge in [0.1, 0.15) is 18.1 Å². The van der Waals surface area contributed by atoms with Crippen LogP contribution in [0.4, 0.5) is 17.6 Å². The molecule has 0 atom stereocenters. The normalized spacial score (nSPS) is 11.6. The molecule has 34 heavy (non-hydrogen) atoms. The van der Waals surface area contributed by atoms with Gasteiger partial charge in [0.05, 0.1) is 5.69 Å². The highest BCUT2D eigenvalue weighted by Gasteiger charge is 2.32. The first kappa shape index (κ1) is 21.4. The molecule has 0 saturated heterocycles. The number of hydrogen-bond donors (Lipinski definition) is 0. The van der Waals surface area contributed by atoms with Crippen molar-refractivity contribution in [2.75, 3.05) is 0 Å². The number of nitrogens with zero attached hydrogens (tertiary/aromatic N) is 7. The highest BCUT2D eigenvalue weighted by molar-refractivity contribution is 5.76. The van der Waals surface area contributed by atoms with E-state index < -0.39 is 18.5 Å². The summed E-state index contributed by atoms with van der Waals surface area (Å²) in [5.41, 5.74) is 1.37. The maximum absolute atomic E-state index is 13.6. The van der Waals surface area contributed by atoms with Crippen LogP contribution in [-0.4, -0.2) is 35.1 Å². The van der Waals surface area contributed by atoms with Gasteiger partial charge in [0.25, 0.3) is 5.89 Å². The summed E-state index contributed by atoms with van der Waals surface area (Å²) in [6.45, 7) is -0.715. The van der Waals surface area contributed by atoms with Crippen molar-refractivity contribution in [3.63, 3.8) is 0 Å². The van der Waals surface area contributed by atoms with Crippen LogP contribution in [0.5, 0.6) is 0 Å². The highest BCUT2D eigenvalue weighted by Crippen LogP contribution is 2.33. The van der Waals surface area contributed by atoms with Crippen LogP contribution in [0.25, 0.3) is 39.9 Å². The number of para-hydroxylation sites is 1. The van der Waals surface area contributed by atoms with Gasteiger partial charge in [-0.25, -0.2) is 9.07 Å². The lowest BCUT2D eigenvalue weighted by Gasteiger charge is -2.10. The van der Waals surface area contributed by atoms with Crippen LogP contribution >= 0.6 is 0 Å². The molecule has 1 aromatic carbocycles. The molecule has 0 radical (unpaired) electrons. The van der Waals surface area contributed by atoms with Gasteiger partial charge in [-0.05, 0) is 30.3 Å². The third-order valence-electron chi connectivity index (χ3n) is 4.93. The van der Waals surface area contributed by atoms with Crippen LogP contribution in [0.2, 0.25) is 0 Å². The van der Waals surface area contributed by atoms with E-state index in [1.807, 2.05) is 0 Å². The van der Waals surface area contributed by atoms with Crippen LogP contribution in [0, 0.1) is 0 Å². The van der Waals surface area contributed by atoms with Crippen molar-refractivity contribution in [3.8, 4) is 39.9 Å². The standard InChI is InChI=1S/C22H13F4N7O/c23-11-14-3-1-2-4-16(14)33-19(13-7-9-27-10-8-13)18(30-32-33)21-29-20(31-34-21)15-5-6-17(28-12-15)22(24,25)26/h1-10,12H,11H2. The Hall–Kier alpha value is -4.48. The number of halogens is 4. The Bertz CT molecular complexity index is 1430. The van der Waals surface area contributed by atoms with E-state index in [0.717, 1.165) is 12.3 Å². The maximum atomic E-state index is 13.6. The molecule has 170 valence electrons. The van der Waals surface area contributed by atoms with Crippen LogP contribution in [0.15, 0.2) is 71.6 Å². The third-order valence-corrected chi connectivity index (χ3v) is 4.93. The fourth-order valence-electron chi connectivity index (χ4n) is 3.32.